The number of carbonyl (C=O) groups is 1. The van der Waals surface area contributed by atoms with Gasteiger partial charge in [0.2, 0.25) is 0 Å². The van der Waals surface area contributed by atoms with Crippen molar-refractivity contribution >= 4 is 33.2 Å². The number of hydrogen-bond donors (Lipinski definition) is 2. The summed E-state index contributed by atoms with van der Waals surface area (Å²) in [6.07, 6.45) is 0. The molecule has 1 aromatic carbocycles. The summed E-state index contributed by atoms with van der Waals surface area (Å²) in [6.45, 7) is 3.76. The van der Waals surface area contributed by atoms with Crippen molar-refractivity contribution in [1.82, 2.24) is 9.78 Å². The zero-order chi connectivity index (χ0) is 14.2. The molecule has 0 spiro atoms. The van der Waals surface area contributed by atoms with E-state index in [2.05, 4.69) is 26.3 Å². The summed E-state index contributed by atoms with van der Waals surface area (Å²) in [7, 11) is 1.84. The molecule has 19 heavy (non-hydrogen) atoms. The Morgan fingerprint density at radius 1 is 1.42 bits per heavy atom. The van der Waals surface area contributed by atoms with Crippen molar-refractivity contribution in [2.24, 2.45) is 7.05 Å². The molecule has 0 radical (unpaired) electrons. The number of amides is 1. The second-order valence-corrected chi connectivity index (χ2v) is 5.27. The molecule has 0 bridgehead atoms. The van der Waals surface area contributed by atoms with Gasteiger partial charge < -0.3 is 11.1 Å². The van der Waals surface area contributed by atoms with Gasteiger partial charge in [0.25, 0.3) is 5.91 Å². The summed E-state index contributed by atoms with van der Waals surface area (Å²) in [6, 6.07) is 5.19. The van der Waals surface area contributed by atoms with Crippen LogP contribution in [0.3, 0.4) is 0 Å². The number of nitrogens with one attached hydrogen (secondary N) is 1. The quantitative estimate of drug-likeness (QED) is 0.835. The SMILES string of the molecule is Cc1nn(C)c(C)c1NC(=O)c1cc(Br)ccc1N. The smallest absolute Gasteiger partial charge is 0.257 e. The Bertz CT molecular complexity index is 648. The minimum Gasteiger partial charge on any atom is -0.398 e. The maximum Gasteiger partial charge on any atom is 0.257 e. The van der Waals surface area contributed by atoms with Crippen LogP contribution in [0.1, 0.15) is 21.7 Å². The van der Waals surface area contributed by atoms with E-state index in [1.165, 1.54) is 0 Å². The van der Waals surface area contributed by atoms with Crippen LogP contribution in [0.15, 0.2) is 22.7 Å². The first-order valence-electron chi connectivity index (χ1n) is 5.76. The van der Waals surface area contributed by atoms with Crippen LogP contribution in [0, 0.1) is 13.8 Å². The molecule has 2 aromatic rings. The fourth-order valence-electron chi connectivity index (χ4n) is 1.86. The maximum atomic E-state index is 12.3. The lowest BCUT2D eigenvalue weighted by Crippen LogP contribution is -2.15. The predicted octanol–water partition coefficient (Wildman–Crippen LogP) is 2.63. The molecule has 0 aliphatic heterocycles. The van der Waals surface area contributed by atoms with Gasteiger partial charge in [-0.3, -0.25) is 9.48 Å². The van der Waals surface area contributed by atoms with E-state index >= 15 is 0 Å². The Balaban J connectivity index is 2.33. The van der Waals surface area contributed by atoms with Crippen LogP contribution in [0.4, 0.5) is 11.4 Å². The van der Waals surface area contributed by atoms with Crippen molar-refractivity contribution in [2.45, 2.75) is 13.8 Å². The molecular weight excluding hydrogens is 308 g/mol. The van der Waals surface area contributed by atoms with Gasteiger partial charge in [-0.05, 0) is 32.0 Å². The molecule has 1 aromatic heterocycles. The molecule has 100 valence electrons. The summed E-state index contributed by atoms with van der Waals surface area (Å²) in [5, 5.41) is 7.12. The van der Waals surface area contributed by atoms with Crippen LogP contribution in [-0.4, -0.2) is 15.7 Å². The van der Waals surface area contributed by atoms with Crippen molar-refractivity contribution in [3.05, 3.63) is 39.6 Å². The largest absolute Gasteiger partial charge is 0.398 e. The highest BCUT2D eigenvalue weighted by Gasteiger charge is 2.15. The molecule has 2 rings (SSSR count). The third-order valence-electron chi connectivity index (χ3n) is 3.01. The van der Waals surface area contributed by atoms with E-state index in [9.17, 15) is 4.79 Å². The molecule has 0 saturated carbocycles. The summed E-state index contributed by atoms with van der Waals surface area (Å²) >= 11 is 3.33. The molecule has 6 heteroatoms. The maximum absolute atomic E-state index is 12.3. The third-order valence-corrected chi connectivity index (χ3v) is 3.50. The number of nitrogens with zero attached hydrogens (tertiary/aromatic N) is 2. The molecule has 0 saturated heterocycles. The van der Waals surface area contributed by atoms with Gasteiger partial charge in [-0.2, -0.15) is 5.10 Å². The minimum atomic E-state index is -0.238. The van der Waals surface area contributed by atoms with E-state index in [1.54, 1.807) is 22.9 Å². The standard InChI is InChI=1S/C13H15BrN4O/c1-7-12(8(2)18(3)17-7)16-13(19)10-6-9(14)4-5-11(10)15/h4-6H,15H2,1-3H3,(H,16,19). The number of benzene rings is 1. The van der Waals surface area contributed by atoms with Gasteiger partial charge in [-0.1, -0.05) is 15.9 Å². The van der Waals surface area contributed by atoms with Gasteiger partial charge in [0.05, 0.1) is 22.6 Å². The van der Waals surface area contributed by atoms with Crippen molar-refractivity contribution in [3.63, 3.8) is 0 Å². The number of aromatic nitrogens is 2. The summed E-state index contributed by atoms with van der Waals surface area (Å²) < 4.78 is 2.54. The Morgan fingerprint density at radius 3 is 2.68 bits per heavy atom. The Labute approximate surface area is 119 Å². The van der Waals surface area contributed by atoms with Crippen LogP contribution >= 0.6 is 15.9 Å². The van der Waals surface area contributed by atoms with E-state index in [0.717, 1.165) is 21.5 Å². The highest BCUT2D eigenvalue weighted by molar-refractivity contribution is 9.10. The first kappa shape index (κ1) is 13.6. The molecule has 0 fully saturated rings. The predicted molar refractivity (Wildman–Crippen MR) is 79.2 cm³/mol. The number of anilines is 2. The van der Waals surface area contributed by atoms with Gasteiger partial charge in [-0.25, -0.2) is 0 Å². The second-order valence-electron chi connectivity index (χ2n) is 4.36. The Morgan fingerprint density at radius 2 is 2.11 bits per heavy atom. The summed E-state index contributed by atoms with van der Waals surface area (Å²) in [5.74, 6) is -0.238. The van der Waals surface area contributed by atoms with Gasteiger partial charge in [0, 0.05) is 17.2 Å². The second kappa shape index (κ2) is 5.05. The molecule has 0 unspecified atom stereocenters. The number of carbonyl (C=O) groups excluding carboxylic acids is 1. The number of nitrogens with two attached hydrogens (primary N) is 1. The fourth-order valence-corrected chi connectivity index (χ4v) is 2.22. The average molecular weight is 323 g/mol. The van der Waals surface area contributed by atoms with Gasteiger partial charge in [0.15, 0.2) is 0 Å². The van der Waals surface area contributed by atoms with Gasteiger partial charge in [0.1, 0.15) is 0 Å². The van der Waals surface area contributed by atoms with Crippen LogP contribution in [0.25, 0.3) is 0 Å². The Hall–Kier alpha value is -1.82. The number of nitrogen functional groups attached to an aromatic ring is 1. The lowest BCUT2D eigenvalue weighted by molar-refractivity contribution is 0.102. The highest BCUT2D eigenvalue weighted by atomic mass is 79.9. The van der Waals surface area contributed by atoms with E-state index in [4.69, 9.17) is 5.73 Å². The van der Waals surface area contributed by atoms with Gasteiger partial charge in [-0.15, -0.1) is 0 Å². The van der Waals surface area contributed by atoms with Crippen LogP contribution < -0.4 is 11.1 Å². The Kier molecular flexibility index (Phi) is 3.61. The monoisotopic (exact) mass is 322 g/mol. The lowest BCUT2D eigenvalue weighted by Gasteiger charge is -2.08. The normalized spacial score (nSPS) is 10.5. The molecular formula is C13H15BrN4O. The van der Waals surface area contributed by atoms with E-state index in [-0.39, 0.29) is 5.91 Å². The zero-order valence-corrected chi connectivity index (χ0v) is 12.6. The minimum absolute atomic E-state index is 0.238. The molecule has 0 atom stereocenters. The molecule has 1 amide bonds. The van der Waals surface area contributed by atoms with Crippen LogP contribution in [-0.2, 0) is 7.05 Å². The van der Waals surface area contributed by atoms with Crippen molar-refractivity contribution in [3.8, 4) is 0 Å². The number of rotatable bonds is 2. The van der Waals surface area contributed by atoms with Crippen molar-refractivity contribution in [2.75, 3.05) is 11.1 Å². The third kappa shape index (κ3) is 2.63. The lowest BCUT2D eigenvalue weighted by atomic mass is 10.1. The highest BCUT2D eigenvalue weighted by Crippen LogP contribution is 2.22. The van der Waals surface area contributed by atoms with Crippen LogP contribution in [0.5, 0.6) is 0 Å². The molecule has 0 aliphatic rings. The van der Waals surface area contributed by atoms with E-state index in [0.29, 0.717) is 11.3 Å². The fraction of sp³-hybridized carbons (Fsp3) is 0.231. The van der Waals surface area contributed by atoms with Crippen molar-refractivity contribution < 1.29 is 4.79 Å². The van der Waals surface area contributed by atoms with Crippen molar-refractivity contribution in [1.29, 1.82) is 0 Å². The van der Waals surface area contributed by atoms with E-state index < -0.39 is 0 Å². The topological polar surface area (TPSA) is 72.9 Å². The molecule has 1 heterocycles. The number of halogens is 1. The number of aryl methyl sites for hydroxylation is 2. The summed E-state index contributed by atoms with van der Waals surface area (Å²) in [4.78, 5) is 12.3. The van der Waals surface area contributed by atoms with Gasteiger partial charge >= 0.3 is 0 Å². The zero-order valence-electron chi connectivity index (χ0n) is 11.0. The number of hydrogen-bond acceptors (Lipinski definition) is 3. The summed E-state index contributed by atoms with van der Waals surface area (Å²) in [5.41, 5.74) is 9.12. The average Bonchev–Trinajstić information content (AvgIpc) is 2.59. The molecule has 5 nitrogen and oxygen atoms in total. The van der Waals surface area contributed by atoms with Crippen LogP contribution in [0.2, 0.25) is 0 Å². The molecule has 0 aliphatic carbocycles. The first-order valence-corrected chi connectivity index (χ1v) is 6.56. The molecule has 3 N–H and O–H groups in total. The first-order chi connectivity index (χ1) is 8.90. The van der Waals surface area contributed by atoms with E-state index in [1.807, 2.05) is 20.9 Å².